The minimum Gasteiger partial charge on any atom is -0.277 e. The second kappa shape index (κ2) is 5.95. The van der Waals surface area contributed by atoms with Crippen LogP contribution < -0.4 is 5.69 Å². The van der Waals surface area contributed by atoms with Gasteiger partial charge in [0.2, 0.25) is 0 Å². The molecule has 4 rings (SSSR count). The van der Waals surface area contributed by atoms with Gasteiger partial charge in [0.15, 0.2) is 11.5 Å². The highest BCUT2D eigenvalue weighted by Crippen LogP contribution is 2.27. The first-order valence-corrected chi connectivity index (χ1v) is 8.11. The average molecular weight is 323 g/mol. The molecule has 8 nitrogen and oxygen atoms in total. The largest absolute Gasteiger partial charge is 0.337 e. The Balaban J connectivity index is 1.94. The Morgan fingerprint density at radius 1 is 1.25 bits per heavy atom. The van der Waals surface area contributed by atoms with Crippen LogP contribution in [0, 0.1) is 0 Å². The SMILES string of the molecule is CCCCCn1c2c(c3nnc(-c4ccncn4)n3c1=O)CC=N2. The van der Waals surface area contributed by atoms with Crippen molar-refractivity contribution in [1.82, 2.24) is 29.1 Å². The predicted molar refractivity (Wildman–Crippen MR) is 89.7 cm³/mol. The first-order chi connectivity index (χ1) is 11.8. The van der Waals surface area contributed by atoms with Crippen molar-refractivity contribution in [2.75, 3.05) is 0 Å². The van der Waals surface area contributed by atoms with Crippen LogP contribution in [0.25, 0.3) is 17.2 Å². The molecule has 1 aliphatic rings. The Kier molecular flexibility index (Phi) is 3.64. The van der Waals surface area contributed by atoms with Gasteiger partial charge in [-0.05, 0) is 12.5 Å². The van der Waals surface area contributed by atoms with Gasteiger partial charge >= 0.3 is 5.69 Å². The summed E-state index contributed by atoms with van der Waals surface area (Å²) >= 11 is 0. The number of aromatic nitrogens is 6. The third-order valence-electron chi connectivity index (χ3n) is 4.19. The molecule has 8 heteroatoms. The lowest BCUT2D eigenvalue weighted by Crippen LogP contribution is -2.28. The summed E-state index contributed by atoms with van der Waals surface area (Å²) < 4.78 is 3.28. The lowest BCUT2D eigenvalue weighted by Gasteiger charge is -2.11. The molecule has 0 bridgehead atoms. The molecule has 3 aromatic rings. The Bertz CT molecular complexity index is 971. The molecule has 0 unspecified atom stereocenters. The average Bonchev–Trinajstić information content (AvgIpc) is 3.25. The number of hydrogen-bond acceptors (Lipinski definition) is 6. The molecule has 0 aliphatic carbocycles. The molecule has 0 aromatic carbocycles. The highest BCUT2D eigenvalue weighted by Gasteiger charge is 2.23. The highest BCUT2D eigenvalue weighted by molar-refractivity contribution is 5.79. The topological polar surface area (TPSA) is 90.3 Å². The van der Waals surface area contributed by atoms with Crippen LogP contribution >= 0.6 is 0 Å². The Hall–Kier alpha value is -2.90. The fraction of sp³-hybridized carbons (Fsp3) is 0.375. The lowest BCUT2D eigenvalue weighted by molar-refractivity contribution is 0.576. The maximum atomic E-state index is 13.1. The molecule has 0 saturated carbocycles. The number of aliphatic imine (C=N–C) groups is 1. The summed E-state index contributed by atoms with van der Waals surface area (Å²) in [5.41, 5.74) is 1.91. The predicted octanol–water partition coefficient (Wildman–Crippen LogP) is 1.80. The minimum absolute atomic E-state index is 0.169. The third-order valence-corrected chi connectivity index (χ3v) is 4.19. The van der Waals surface area contributed by atoms with Crippen molar-refractivity contribution in [2.45, 2.75) is 39.2 Å². The third kappa shape index (κ3) is 2.22. The van der Waals surface area contributed by atoms with E-state index in [-0.39, 0.29) is 5.69 Å². The summed E-state index contributed by atoms with van der Waals surface area (Å²) in [6.07, 6.45) is 8.65. The normalized spacial score (nSPS) is 12.9. The maximum absolute atomic E-state index is 13.1. The molecule has 24 heavy (non-hydrogen) atoms. The van der Waals surface area contributed by atoms with Gasteiger partial charge in [0.05, 0.1) is 0 Å². The number of hydrogen-bond donors (Lipinski definition) is 0. The maximum Gasteiger partial charge on any atom is 0.337 e. The quantitative estimate of drug-likeness (QED) is 0.668. The smallest absolute Gasteiger partial charge is 0.277 e. The fourth-order valence-corrected chi connectivity index (χ4v) is 3.00. The van der Waals surface area contributed by atoms with Gasteiger partial charge in [-0.15, -0.1) is 10.2 Å². The van der Waals surface area contributed by atoms with Crippen molar-refractivity contribution < 1.29 is 0 Å². The molecule has 0 saturated heterocycles. The van der Waals surface area contributed by atoms with Gasteiger partial charge in [0.25, 0.3) is 0 Å². The molecule has 0 radical (unpaired) electrons. The fourth-order valence-electron chi connectivity index (χ4n) is 3.00. The van der Waals surface area contributed by atoms with E-state index in [1.807, 2.05) is 6.21 Å². The Morgan fingerprint density at radius 3 is 2.96 bits per heavy atom. The first-order valence-electron chi connectivity index (χ1n) is 8.11. The molecule has 1 aliphatic heterocycles. The van der Waals surface area contributed by atoms with Crippen LogP contribution in [-0.2, 0) is 13.0 Å². The van der Waals surface area contributed by atoms with Crippen molar-refractivity contribution in [3.8, 4) is 11.5 Å². The molecule has 0 spiro atoms. The van der Waals surface area contributed by atoms with Crippen molar-refractivity contribution in [2.24, 2.45) is 4.99 Å². The van der Waals surface area contributed by atoms with Gasteiger partial charge in [0.1, 0.15) is 17.8 Å². The van der Waals surface area contributed by atoms with Gasteiger partial charge in [-0.2, -0.15) is 0 Å². The van der Waals surface area contributed by atoms with Crippen molar-refractivity contribution >= 4 is 17.7 Å². The van der Waals surface area contributed by atoms with Crippen LogP contribution in [0.3, 0.4) is 0 Å². The van der Waals surface area contributed by atoms with Crippen LogP contribution in [0.1, 0.15) is 31.7 Å². The summed E-state index contributed by atoms with van der Waals surface area (Å²) in [5, 5.41) is 8.42. The zero-order chi connectivity index (χ0) is 16.5. The van der Waals surface area contributed by atoms with Crippen molar-refractivity contribution in [3.05, 3.63) is 34.6 Å². The van der Waals surface area contributed by atoms with Crippen LogP contribution in [0.2, 0.25) is 0 Å². The first kappa shape index (κ1) is 14.7. The van der Waals surface area contributed by atoms with E-state index in [9.17, 15) is 4.79 Å². The van der Waals surface area contributed by atoms with Crippen molar-refractivity contribution in [3.63, 3.8) is 0 Å². The van der Waals surface area contributed by atoms with Crippen LogP contribution in [-0.4, -0.2) is 35.3 Å². The molecular weight excluding hydrogens is 306 g/mol. The molecule has 0 N–H and O–H groups in total. The minimum atomic E-state index is -0.169. The molecule has 0 atom stereocenters. The molecule has 0 amide bonds. The summed E-state index contributed by atoms with van der Waals surface area (Å²) in [5.74, 6) is 1.15. The summed E-state index contributed by atoms with van der Waals surface area (Å²) in [7, 11) is 0. The number of fused-ring (bicyclic) bond motifs is 3. The molecular formula is C16H17N7O. The second-order valence-electron chi connectivity index (χ2n) is 5.74. The Morgan fingerprint density at radius 2 is 2.17 bits per heavy atom. The van der Waals surface area contributed by atoms with E-state index in [0.29, 0.717) is 35.9 Å². The van der Waals surface area contributed by atoms with Gasteiger partial charge in [-0.3, -0.25) is 4.57 Å². The molecule has 0 fully saturated rings. The second-order valence-corrected chi connectivity index (χ2v) is 5.74. The van der Waals surface area contributed by atoms with E-state index >= 15 is 0 Å². The van der Waals surface area contributed by atoms with Crippen molar-refractivity contribution in [1.29, 1.82) is 0 Å². The zero-order valence-corrected chi connectivity index (χ0v) is 13.4. The highest BCUT2D eigenvalue weighted by atomic mass is 16.1. The van der Waals surface area contributed by atoms with Crippen LogP contribution in [0.4, 0.5) is 5.82 Å². The number of unbranched alkanes of at least 4 members (excludes halogenated alkanes) is 2. The molecule has 122 valence electrons. The lowest BCUT2D eigenvalue weighted by atomic mass is 10.2. The standard InChI is InChI=1S/C16H17N7O/c1-2-3-4-9-22-13-11(5-8-18-13)14-20-21-15(23(14)16(22)24)12-6-7-17-10-19-12/h6-8,10H,2-5,9H2,1H3. The van der Waals surface area contributed by atoms with E-state index in [1.54, 1.807) is 21.2 Å². The monoisotopic (exact) mass is 323 g/mol. The number of rotatable bonds is 5. The van der Waals surface area contributed by atoms with Crippen LogP contribution in [0.15, 0.2) is 28.4 Å². The van der Waals surface area contributed by atoms with Gasteiger partial charge in [-0.25, -0.2) is 24.2 Å². The van der Waals surface area contributed by atoms with E-state index in [0.717, 1.165) is 24.8 Å². The van der Waals surface area contributed by atoms with E-state index < -0.39 is 0 Å². The molecule has 4 heterocycles. The molecule has 3 aromatic heterocycles. The summed E-state index contributed by atoms with van der Waals surface area (Å²) in [6, 6.07) is 1.72. The van der Waals surface area contributed by atoms with Gasteiger partial charge < -0.3 is 0 Å². The summed E-state index contributed by atoms with van der Waals surface area (Å²) in [4.78, 5) is 25.6. The van der Waals surface area contributed by atoms with E-state index in [2.05, 4.69) is 32.1 Å². The van der Waals surface area contributed by atoms with Gasteiger partial charge in [-0.1, -0.05) is 19.8 Å². The van der Waals surface area contributed by atoms with Crippen LogP contribution in [0.5, 0.6) is 0 Å². The summed E-state index contributed by atoms with van der Waals surface area (Å²) in [6.45, 7) is 2.78. The van der Waals surface area contributed by atoms with E-state index in [1.165, 1.54) is 6.33 Å². The van der Waals surface area contributed by atoms with E-state index in [4.69, 9.17) is 0 Å². The zero-order valence-electron chi connectivity index (χ0n) is 13.4. The Labute approximate surface area is 137 Å². The van der Waals surface area contributed by atoms with Gasteiger partial charge in [0, 0.05) is 30.9 Å². The number of nitrogens with zero attached hydrogens (tertiary/aromatic N) is 7.